The number of ether oxygens (including phenoxy) is 7. The maximum atomic E-state index is 14.0. The Morgan fingerprint density at radius 3 is 1.12 bits per heavy atom. The summed E-state index contributed by atoms with van der Waals surface area (Å²) < 4.78 is 126. The first-order chi connectivity index (χ1) is 57.6. The lowest BCUT2D eigenvalue weighted by Gasteiger charge is -2.36. The van der Waals surface area contributed by atoms with E-state index in [0.717, 1.165) is 50.1 Å². The number of halogens is 6. The number of carbonyl (C=O) groups excluding carboxylic acids is 4. The molecule has 3 aliphatic rings. The number of aliphatic carboxylic acids is 1. The first kappa shape index (κ1) is 98.6. The lowest BCUT2D eigenvalue weighted by Crippen LogP contribution is -2.52. The molecular formula is C84H109Cl6N9O19S3. The van der Waals surface area contributed by atoms with E-state index in [-0.39, 0.29) is 213 Å². The molecule has 6 aromatic rings. The molecule has 3 atom stereocenters. The molecule has 121 heavy (non-hydrogen) atoms. The summed E-state index contributed by atoms with van der Waals surface area (Å²) in [6.45, 7) is 3.88. The second-order valence-electron chi connectivity index (χ2n) is 30.6. The van der Waals surface area contributed by atoms with E-state index < -0.39 is 60.5 Å². The number of carbonyl (C=O) groups is 5. The van der Waals surface area contributed by atoms with Gasteiger partial charge in [-0.25, -0.2) is 39.5 Å². The number of benzene rings is 6. The lowest BCUT2D eigenvalue weighted by atomic mass is 9.82. The van der Waals surface area contributed by atoms with Crippen molar-refractivity contribution >= 4 is 129 Å². The predicted molar refractivity (Wildman–Crippen MR) is 465 cm³/mol. The molecule has 4 N–H and O–H groups in total. The highest BCUT2D eigenvalue weighted by Crippen LogP contribution is 2.43. The fourth-order valence-corrected chi connectivity index (χ4v) is 20.1. The highest BCUT2D eigenvalue weighted by Gasteiger charge is 2.37. The number of nitrogens with zero attached hydrogens (tertiary/aromatic N) is 6. The second kappa shape index (κ2) is 47.4. The zero-order valence-corrected chi connectivity index (χ0v) is 75.9. The number of fused-ring (bicyclic) bond motifs is 3. The van der Waals surface area contributed by atoms with Crippen LogP contribution in [0.2, 0.25) is 30.1 Å². The number of carboxylic acid groups (broad SMARTS) is 1. The van der Waals surface area contributed by atoms with Crippen molar-refractivity contribution in [3.8, 4) is 0 Å². The third-order valence-electron chi connectivity index (χ3n) is 21.4. The fraction of sp³-hybridized carbons (Fsp3) is 0.512. The van der Waals surface area contributed by atoms with Gasteiger partial charge in [-0.05, 0) is 170 Å². The molecule has 4 amide bonds. The number of carboxylic acids is 1. The summed E-state index contributed by atoms with van der Waals surface area (Å²) in [5.41, 5.74) is 6.71. The van der Waals surface area contributed by atoms with Crippen LogP contribution < -0.4 is 14.8 Å². The Morgan fingerprint density at radius 1 is 0.438 bits per heavy atom. The highest BCUT2D eigenvalue weighted by atomic mass is 35.5. The fourth-order valence-electron chi connectivity index (χ4n) is 14.9. The number of sulfonamides is 2. The number of amides is 4. The standard InChI is InChI=1S/C84H109Cl6N9O19S3/c1-94-50-70(67-44-61(85)47-76(88)73(67)53-94)58-11-7-14-64(41-58)119(106,107)40-10-28-112-34-37-115-31-25-97(4)80(101)17-20-84(93-79(100)56-118-57-83(104)105,21-18-81(102)98(5)26-32-116-38-35-113-29-23-91-120(108,109)65-15-8-12-59(42-65)71-51-95(2)54-74-68(71)45-62(86)48-77(74)89)22-19-82(103)99(6)27-33-117-39-36-114-30-24-92-121(110,111)66-16-9-13-60(43-66)72-52-96(3)55-75-69(72)46-63(87)49-78(75)90/h7-9,11-16,41-49,70-72,91-92H,10,17-40,50-57H2,1-6H3,(H,93,100)(H,104,105)/t70-,71-,72-/m0/s1. The van der Waals surface area contributed by atoms with Crippen LogP contribution in [0.5, 0.6) is 0 Å². The van der Waals surface area contributed by atoms with Crippen molar-refractivity contribution in [1.29, 1.82) is 0 Å². The van der Waals surface area contributed by atoms with Crippen LogP contribution in [0.1, 0.15) is 113 Å². The first-order valence-corrected chi connectivity index (χ1v) is 46.8. The van der Waals surface area contributed by atoms with Gasteiger partial charge in [0.15, 0.2) is 9.84 Å². The van der Waals surface area contributed by atoms with E-state index in [9.17, 15) is 54.3 Å². The molecular weight excluding hydrogens is 1750 g/mol. The monoisotopic (exact) mass is 1850 g/mol. The van der Waals surface area contributed by atoms with E-state index in [1.165, 1.54) is 26.8 Å². The van der Waals surface area contributed by atoms with E-state index in [4.69, 9.17) is 103 Å². The molecule has 0 spiro atoms. The maximum absolute atomic E-state index is 14.0. The molecule has 28 nitrogen and oxygen atoms in total. The van der Waals surface area contributed by atoms with Crippen molar-refractivity contribution < 1.29 is 87.5 Å². The topological polar surface area (TPSA) is 328 Å². The number of hydrogen-bond donors (Lipinski definition) is 4. The number of nitrogens with one attached hydrogen (secondary N) is 3. The lowest BCUT2D eigenvalue weighted by molar-refractivity contribution is -0.144. The highest BCUT2D eigenvalue weighted by molar-refractivity contribution is 7.91. The average Bonchev–Trinajstić information content (AvgIpc) is 0.779. The van der Waals surface area contributed by atoms with Crippen LogP contribution in [-0.2, 0) is 107 Å². The molecule has 3 heterocycles. The molecule has 9 rings (SSSR count). The Balaban J connectivity index is 0.735. The van der Waals surface area contributed by atoms with Crippen LogP contribution in [0.3, 0.4) is 0 Å². The molecule has 0 bridgehead atoms. The van der Waals surface area contributed by atoms with Crippen LogP contribution in [0, 0.1) is 0 Å². The summed E-state index contributed by atoms with van der Waals surface area (Å²) in [7, 11) is -0.906. The van der Waals surface area contributed by atoms with Crippen LogP contribution in [-0.4, -0.2) is 288 Å². The van der Waals surface area contributed by atoms with Gasteiger partial charge in [0.25, 0.3) is 0 Å². The van der Waals surface area contributed by atoms with Gasteiger partial charge in [-0.15, -0.1) is 0 Å². The molecule has 37 heteroatoms. The van der Waals surface area contributed by atoms with Crippen LogP contribution in [0.4, 0.5) is 0 Å². The SMILES string of the molecule is CN1Cc2c(Cl)cc(Cl)cc2[C@H](c2cccc(S(=O)(=O)CCCOCCOCCN(C)C(=O)CCC(CCC(=O)N(C)CCOCCOCCNS(=O)(=O)c3cccc([C@@H]4CN(C)Cc5c(Cl)cc(Cl)cc54)c3)(CCC(=O)N(C)CCOCCOCCNS(=O)(=O)c3cccc([C@@H]4CN(C)Cc5c(Cl)cc(Cl)cc54)c3)NC(=O)COCC(=O)O)c2)C1. The van der Waals surface area contributed by atoms with Crippen LogP contribution in [0.15, 0.2) is 124 Å². The molecule has 0 unspecified atom stereocenters. The van der Waals surface area contributed by atoms with Crippen molar-refractivity contribution in [2.75, 3.05) is 193 Å². The summed E-state index contributed by atoms with van der Waals surface area (Å²) in [4.78, 5) is 78.4. The third-order valence-corrected chi connectivity index (χ3v) is 27.8. The van der Waals surface area contributed by atoms with Crippen molar-refractivity contribution in [3.05, 3.63) is 189 Å². The summed E-state index contributed by atoms with van der Waals surface area (Å²) in [5.74, 6) is -3.81. The van der Waals surface area contributed by atoms with E-state index >= 15 is 0 Å². The van der Waals surface area contributed by atoms with Gasteiger partial charge in [0.05, 0.1) is 93.1 Å². The molecule has 0 saturated carbocycles. The minimum absolute atomic E-state index is 0.0250. The van der Waals surface area contributed by atoms with E-state index in [1.807, 2.05) is 57.5 Å². The van der Waals surface area contributed by atoms with Gasteiger partial charge in [0.1, 0.15) is 13.2 Å². The minimum atomic E-state index is -3.93. The third kappa shape index (κ3) is 30.0. The van der Waals surface area contributed by atoms with Crippen molar-refractivity contribution in [3.63, 3.8) is 0 Å². The van der Waals surface area contributed by atoms with Crippen molar-refractivity contribution in [1.82, 2.24) is 44.2 Å². The zero-order valence-electron chi connectivity index (χ0n) is 68.9. The van der Waals surface area contributed by atoms with Gasteiger partial charge in [-0.3, -0.25) is 19.2 Å². The minimum Gasteiger partial charge on any atom is -0.480 e. The first-order valence-electron chi connectivity index (χ1n) is 39.9. The molecule has 664 valence electrons. The van der Waals surface area contributed by atoms with Crippen LogP contribution >= 0.6 is 69.6 Å². The zero-order chi connectivity index (χ0) is 87.6. The Labute approximate surface area is 740 Å². The summed E-state index contributed by atoms with van der Waals surface area (Å²) in [6.07, 6.45) is -0.542. The molecule has 0 radical (unpaired) electrons. The van der Waals surface area contributed by atoms with Gasteiger partial charge >= 0.3 is 5.97 Å². The van der Waals surface area contributed by atoms with Gasteiger partial charge < -0.3 is 73.0 Å². The summed E-state index contributed by atoms with van der Waals surface area (Å²) >= 11 is 39.0. The number of sulfone groups is 1. The molecule has 0 aliphatic carbocycles. The number of hydrogen-bond acceptors (Lipinski definition) is 21. The van der Waals surface area contributed by atoms with Crippen molar-refractivity contribution in [2.45, 2.75) is 103 Å². The summed E-state index contributed by atoms with van der Waals surface area (Å²) in [5, 5.41) is 15.4. The quantitative estimate of drug-likeness (QED) is 0.0258. The molecule has 0 aromatic heterocycles. The number of rotatable bonds is 50. The number of likely N-dealkylation sites (N-methyl/N-ethyl adjacent to an activating group) is 6. The van der Waals surface area contributed by atoms with Gasteiger partial charge in [0.2, 0.25) is 43.7 Å². The molecule has 0 saturated heterocycles. The normalized spacial score (nSPS) is 16.0. The Morgan fingerprint density at radius 2 is 0.769 bits per heavy atom. The maximum Gasteiger partial charge on any atom is 0.329 e. The van der Waals surface area contributed by atoms with Crippen LogP contribution in [0.25, 0.3) is 0 Å². The van der Waals surface area contributed by atoms with Gasteiger partial charge in [0, 0.05) is 172 Å². The Kier molecular flexibility index (Phi) is 38.6. The van der Waals surface area contributed by atoms with E-state index in [0.29, 0.717) is 69.4 Å². The predicted octanol–water partition coefficient (Wildman–Crippen LogP) is 10.2. The van der Waals surface area contributed by atoms with Gasteiger partial charge in [-0.1, -0.05) is 106 Å². The molecule has 3 aliphatic heterocycles. The molecule has 0 fully saturated rings. The average molecular weight is 1860 g/mol. The van der Waals surface area contributed by atoms with E-state index in [1.54, 1.807) is 81.8 Å². The largest absolute Gasteiger partial charge is 0.480 e. The van der Waals surface area contributed by atoms with E-state index in [2.05, 4.69) is 29.5 Å². The molecule has 6 aromatic carbocycles. The Hall–Kier alpha value is -6.22. The van der Waals surface area contributed by atoms with Crippen molar-refractivity contribution in [2.24, 2.45) is 0 Å². The van der Waals surface area contributed by atoms with Gasteiger partial charge in [-0.2, -0.15) is 0 Å². The smallest absolute Gasteiger partial charge is 0.329 e. The summed E-state index contributed by atoms with van der Waals surface area (Å²) in [6, 6.07) is 31.2. The second-order valence-corrected chi connectivity index (χ2v) is 38.8. The Bertz CT molecular complexity index is 4440.